The first kappa shape index (κ1) is 32.8. The highest BCUT2D eigenvalue weighted by molar-refractivity contribution is 5.94. The molecule has 3 nitrogen and oxygen atoms in total. The van der Waals surface area contributed by atoms with Gasteiger partial charge in [-0.3, -0.25) is 0 Å². The molecule has 1 saturated carbocycles. The molecule has 6 rings (SSSR count). The number of nitrogens with zero attached hydrogens (tertiary/aromatic N) is 1. The molecule has 0 aliphatic heterocycles. The van der Waals surface area contributed by atoms with E-state index in [1.165, 1.54) is 122 Å². The van der Waals surface area contributed by atoms with Crippen LogP contribution in [0.5, 0.6) is 0 Å². The van der Waals surface area contributed by atoms with Crippen LogP contribution in [0.2, 0.25) is 0 Å². The Bertz CT molecular complexity index is 1550. The Labute approximate surface area is 279 Å². The molecule has 244 valence electrons. The number of para-hydroxylation sites is 2. The van der Waals surface area contributed by atoms with Gasteiger partial charge in [-0.1, -0.05) is 140 Å². The molecule has 0 bridgehead atoms. The summed E-state index contributed by atoms with van der Waals surface area (Å²) in [7, 11) is 0. The van der Waals surface area contributed by atoms with Gasteiger partial charge in [0.2, 0.25) is 0 Å². The molecule has 2 aliphatic carbocycles. The maximum atomic E-state index is 5.46. The van der Waals surface area contributed by atoms with Gasteiger partial charge in [0.05, 0.1) is 16.9 Å². The molecule has 46 heavy (non-hydrogen) atoms. The maximum Gasteiger partial charge on any atom is 0.0944 e. The zero-order valence-electron chi connectivity index (χ0n) is 29.0. The van der Waals surface area contributed by atoms with E-state index in [2.05, 4.69) is 105 Å². The third-order valence-electron chi connectivity index (χ3n) is 10.7. The molecule has 2 aliphatic rings. The van der Waals surface area contributed by atoms with Crippen LogP contribution in [0.25, 0.3) is 22.2 Å². The van der Waals surface area contributed by atoms with Crippen molar-refractivity contribution in [1.29, 1.82) is 0 Å². The summed E-state index contributed by atoms with van der Waals surface area (Å²) < 4.78 is 0. The van der Waals surface area contributed by atoms with Crippen LogP contribution in [0, 0.1) is 0 Å². The number of nitrogens with one attached hydrogen (secondary N) is 2. The number of rotatable bonds is 7. The molecule has 0 saturated heterocycles. The number of benzene rings is 3. The van der Waals surface area contributed by atoms with Crippen LogP contribution in [-0.4, -0.2) is 11.0 Å². The number of aryl methyl sites for hydroxylation is 1. The highest BCUT2D eigenvalue weighted by Crippen LogP contribution is 2.40. The third-order valence-corrected chi connectivity index (χ3v) is 10.7. The SMILES string of the molecule is CC(C)c1cccc(C(C)C)c1Nc1cccc2ccc(-c3cccc4c3[C@@H](NC3CCCCCCCCCCC3)CCC4)nc12. The number of anilines is 2. The summed E-state index contributed by atoms with van der Waals surface area (Å²) in [6, 6.07) is 25.8. The van der Waals surface area contributed by atoms with Crippen LogP contribution in [-0.2, 0) is 6.42 Å². The molecule has 1 heterocycles. The fourth-order valence-corrected chi connectivity index (χ4v) is 8.12. The van der Waals surface area contributed by atoms with Crippen molar-refractivity contribution in [2.75, 3.05) is 5.32 Å². The summed E-state index contributed by atoms with van der Waals surface area (Å²) in [5.74, 6) is 0.862. The topological polar surface area (TPSA) is 37.0 Å². The lowest BCUT2D eigenvalue weighted by Gasteiger charge is -2.33. The quantitative estimate of drug-likeness (QED) is 0.217. The molecule has 3 aromatic carbocycles. The fourth-order valence-electron chi connectivity index (χ4n) is 8.12. The van der Waals surface area contributed by atoms with Gasteiger partial charge in [-0.2, -0.15) is 0 Å². The second-order valence-corrected chi connectivity index (χ2v) is 14.8. The molecule has 3 heteroatoms. The maximum absolute atomic E-state index is 5.46. The average molecular weight is 616 g/mol. The molecular formula is C43H57N3. The Hall–Kier alpha value is -3.17. The Morgan fingerprint density at radius 3 is 1.93 bits per heavy atom. The lowest BCUT2D eigenvalue weighted by atomic mass is 9.82. The largest absolute Gasteiger partial charge is 0.353 e. The number of hydrogen-bond donors (Lipinski definition) is 2. The van der Waals surface area contributed by atoms with Crippen molar-refractivity contribution in [2.24, 2.45) is 0 Å². The van der Waals surface area contributed by atoms with Gasteiger partial charge >= 0.3 is 0 Å². The van der Waals surface area contributed by atoms with Gasteiger partial charge in [-0.15, -0.1) is 0 Å². The Morgan fingerprint density at radius 1 is 0.630 bits per heavy atom. The lowest BCUT2D eigenvalue weighted by molar-refractivity contribution is 0.344. The van der Waals surface area contributed by atoms with Crippen molar-refractivity contribution in [2.45, 2.75) is 142 Å². The highest BCUT2D eigenvalue weighted by Gasteiger charge is 2.26. The monoisotopic (exact) mass is 615 g/mol. The molecule has 0 spiro atoms. The summed E-state index contributed by atoms with van der Waals surface area (Å²) in [5.41, 5.74) is 11.5. The van der Waals surface area contributed by atoms with Crippen molar-refractivity contribution in [3.8, 4) is 11.3 Å². The van der Waals surface area contributed by atoms with Crippen molar-refractivity contribution in [3.63, 3.8) is 0 Å². The molecule has 4 aromatic rings. The molecule has 1 aromatic heterocycles. The Kier molecular flexibility index (Phi) is 11.1. The van der Waals surface area contributed by atoms with E-state index in [-0.39, 0.29) is 0 Å². The standard InChI is InChI=1S/C43H57N3/c1-30(2)35-23-17-24-36(31(3)4)43(35)46-40-27-16-20-33-28-29-38(45-42(33)40)37-25-14-18-32-19-15-26-39(41(32)37)44-34-21-12-10-8-6-5-7-9-11-13-22-34/h14,16-18,20,23-25,27-31,34,39,44,46H,5-13,15,19,21-22,26H2,1-4H3/t39-/m0/s1. The lowest BCUT2D eigenvalue weighted by Crippen LogP contribution is -2.35. The van der Waals surface area contributed by atoms with Crippen molar-refractivity contribution in [1.82, 2.24) is 10.3 Å². The van der Waals surface area contributed by atoms with Crippen LogP contribution < -0.4 is 10.6 Å². The van der Waals surface area contributed by atoms with Gasteiger partial charge in [-0.25, -0.2) is 4.98 Å². The first-order chi connectivity index (χ1) is 22.5. The molecule has 2 N–H and O–H groups in total. The molecule has 0 radical (unpaired) electrons. The van der Waals surface area contributed by atoms with E-state index < -0.39 is 0 Å². The van der Waals surface area contributed by atoms with E-state index in [0.717, 1.165) is 23.3 Å². The normalized spacial score (nSPS) is 18.7. The minimum absolute atomic E-state index is 0.398. The van der Waals surface area contributed by atoms with Gasteiger partial charge < -0.3 is 10.6 Å². The van der Waals surface area contributed by atoms with Crippen LogP contribution in [0.1, 0.15) is 151 Å². The zero-order chi connectivity index (χ0) is 31.9. The van der Waals surface area contributed by atoms with E-state index in [1.54, 1.807) is 0 Å². The minimum Gasteiger partial charge on any atom is -0.353 e. The number of pyridine rings is 1. The molecule has 1 fully saturated rings. The number of fused-ring (bicyclic) bond motifs is 2. The van der Waals surface area contributed by atoms with Crippen LogP contribution >= 0.6 is 0 Å². The summed E-state index contributed by atoms with van der Waals surface area (Å²) in [4.78, 5) is 5.46. The summed E-state index contributed by atoms with van der Waals surface area (Å²) in [6.45, 7) is 9.15. The first-order valence-electron chi connectivity index (χ1n) is 18.7. The Morgan fingerprint density at radius 2 is 1.26 bits per heavy atom. The van der Waals surface area contributed by atoms with Gasteiger partial charge in [0, 0.05) is 28.7 Å². The van der Waals surface area contributed by atoms with E-state index in [1.807, 2.05) is 0 Å². The van der Waals surface area contributed by atoms with Crippen LogP contribution in [0.4, 0.5) is 11.4 Å². The highest BCUT2D eigenvalue weighted by atomic mass is 15.0. The molecule has 1 atom stereocenters. The van der Waals surface area contributed by atoms with Gasteiger partial charge in [-0.05, 0) is 78.3 Å². The summed E-state index contributed by atoms with van der Waals surface area (Å²) in [5, 5.41) is 9.33. The predicted octanol–water partition coefficient (Wildman–Crippen LogP) is 12.5. The van der Waals surface area contributed by atoms with E-state index >= 15 is 0 Å². The predicted molar refractivity (Wildman–Crippen MR) is 198 cm³/mol. The fraction of sp³-hybridized carbons (Fsp3) is 0.512. The average Bonchev–Trinajstić information content (AvgIpc) is 3.05. The molecular weight excluding hydrogens is 558 g/mol. The van der Waals surface area contributed by atoms with Gasteiger partial charge in [0.25, 0.3) is 0 Å². The van der Waals surface area contributed by atoms with E-state index in [9.17, 15) is 0 Å². The van der Waals surface area contributed by atoms with Crippen molar-refractivity contribution in [3.05, 3.63) is 89.0 Å². The van der Waals surface area contributed by atoms with E-state index in [0.29, 0.717) is 23.9 Å². The zero-order valence-corrected chi connectivity index (χ0v) is 29.0. The number of aromatic nitrogens is 1. The smallest absolute Gasteiger partial charge is 0.0944 e. The van der Waals surface area contributed by atoms with Gasteiger partial charge in [0.15, 0.2) is 0 Å². The second kappa shape index (κ2) is 15.6. The van der Waals surface area contributed by atoms with Crippen molar-refractivity contribution < 1.29 is 0 Å². The van der Waals surface area contributed by atoms with Gasteiger partial charge in [0.1, 0.15) is 0 Å². The Balaban J connectivity index is 1.34. The minimum atomic E-state index is 0.398. The third kappa shape index (κ3) is 7.68. The molecule has 0 unspecified atom stereocenters. The van der Waals surface area contributed by atoms with Crippen LogP contribution in [0.15, 0.2) is 66.7 Å². The van der Waals surface area contributed by atoms with Crippen LogP contribution in [0.3, 0.4) is 0 Å². The second-order valence-electron chi connectivity index (χ2n) is 14.8. The van der Waals surface area contributed by atoms with Crippen molar-refractivity contribution >= 4 is 22.3 Å². The summed E-state index contributed by atoms with van der Waals surface area (Å²) in [6.07, 6.45) is 18.9. The molecule has 0 amide bonds. The number of hydrogen-bond acceptors (Lipinski definition) is 3. The van der Waals surface area contributed by atoms with E-state index in [4.69, 9.17) is 4.98 Å². The first-order valence-corrected chi connectivity index (χ1v) is 18.7. The summed E-state index contributed by atoms with van der Waals surface area (Å²) >= 11 is 0.